The number of carbonyl (C=O) groups is 1. The number of fused-ring (bicyclic) bond motifs is 1. The molecule has 2 heterocycles. The lowest BCUT2D eigenvalue weighted by Gasteiger charge is -2.34. The predicted octanol–water partition coefficient (Wildman–Crippen LogP) is 1.63. The van der Waals surface area contributed by atoms with Gasteiger partial charge >= 0.3 is 0 Å². The molecule has 6 heteroatoms. The van der Waals surface area contributed by atoms with Crippen LogP contribution >= 0.6 is 0 Å². The molecule has 3 N–H and O–H groups in total. The lowest BCUT2D eigenvalue weighted by Crippen LogP contribution is -3.16. The molecule has 3 aromatic rings. The van der Waals surface area contributed by atoms with Gasteiger partial charge in [0, 0.05) is 23.6 Å². The second-order valence-corrected chi connectivity index (χ2v) is 7.77. The van der Waals surface area contributed by atoms with E-state index in [1.54, 1.807) is 0 Å². The van der Waals surface area contributed by atoms with Crippen LogP contribution in [0.4, 0.5) is 5.69 Å². The minimum atomic E-state index is 0.132. The first-order valence-electron chi connectivity index (χ1n) is 10.9. The summed E-state index contributed by atoms with van der Waals surface area (Å²) in [5.74, 6) is 1.08. The van der Waals surface area contributed by atoms with Crippen molar-refractivity contribution in [3.8, 4) is 5.75 Å². The SMILES string of the molecule is CCOc1ccccc1N1CC[NH+](CC(=O)NCCc2c[nH]c3ccccc23)CC1. The summed E-state index contributed by atoms with van der Waals surface area (Å²) in [5, 5.41) is 4.33. The minimum absolute atomic E-state index is 0.132. The highest BCUT2D eigenvalue weighted by Gasteiger charge is 2.23. The first-order valence-corrected chi connectivity index (χ1v) is 10.9. The maximum absolute atomic E-state index is 12.4. The Hall–Kier alpha value is -2.99. The van der Waals surface area contributed by atoms with Crippen molar-refractivity contribution in [3.63, 3.8) is 0 Å². The summed E-state index contributed by atoms with van der Waals surface area (Å²) in [5.41, 5.74) is 3.55. The van der Waals surface area contributed by atoms with Crippen LogP contribution in [0, 0.1) is 0 Å². The smallest absolute Gasteiger partial charge is 0.275 e. The van der Waals surface area contributed by atoms with Gasteiger partial charge in [-0.05, 0) is 37.1 Å². The average molecular weight is 408 g/mol. The Morgan fingerprint density at radius 2 is 1.90 bits per heavy atom. The van der Waals surface area contributed by atoms with Crippen molar-refractivity contribution in [2.75, 3.05) is 50.8 Å². The summed E-state index contributed by atoms with van der Waals surface area (Å²) >= 11 is 0. The Bertz CT molecular complexity index is 976. The normalized spacial score (nSPS) is 14.8. The van der Waals surface area contributed by atoms with Crippen LogP contribution in [0.1, 0.15) is 12.5 Å². The quantitative estimate of drug-likeness (QED) is 0.532. The van der Waals surface area contributed by atoms with Crippen LogP contribution in [-0.4, -0.2) is 56.8 Å². The lowest BCUT2D eigenvalue weighted by molar-refractivity contribution is -0.892. The second-order valence-electron chi connectivity index (χ2n) is 7.77. The summed E-state index contributed by atoms with van der Waals surface area (Å²) in [4.78, 5) is 19.4. The van der Waals surface area contributed by atoms with Crippen molar-refractivity contribution in [1.82, 2.24) is 10.3 Å². The number of benzene rings is 2. The first-order chi connectivity index (χ1) is 14.7. The zero-order chi connectivity index (χ0) is 20.8. The van der Waals surface area contributed by atoms with E-state index < -0.39 is 0 Å². The van der Waals surface area contributed by atoms with Crippen molar-refractivity contribution >= 4 is 22.5 Å². The van der Waals surface area contributed by atoms with E-state index in [9.17, 15) is 4.79 Å². The Labute approximate surface area is 177 Å². The zero-order valence-electron chi connectivity index (χ0n) is 17.6. The Morgan fingerprint density at radius 3 is 2.73 bits per heavy atom. The Morgan fingerprint density at radius 1 is 1.13 bits per heavy atom. The van der Waals surface area contributed by atoms with E-state index in [1.165, 1.54) is 15.8 Å². The van der Waals surface area contributed by atoms with Gasteiger partial charge in [-0.25, -0.2) is 0 Å². The summed E-state index contributed by atoms with van der Waals surface area (Å²) in [7, 11) is 0. The molecule has 0 saturated carbocycles. The van der Waals surface area contributed by atoms with E-state index in [0.29, 0.717) is 19.7 Å². The van der Waals surface area contributed by atoms with Gasteiger partial charge in [-0.1, -0.05) is 30.3 Å². The van der Waals surface area contributed by atoms with Crippen LogP contribution in [-0.2, 0) is 11.2 Å². The molecule has 1 aliphatic rings. The van der Waals surface area contributed by atoms with Gasteiger partial charge in [0.25, 0.3) is 5.91 Å². The molecule has 158 valence electrons. The van der Waals surface area contributed by atoms with E-state index in [-0.39, 0.29) is 5.91 Å². The number of rotatable bonds is 8. The van der Waals surface area contributed by atoms with Gasteiger partial charge in [-0.3, -0.25) is 4.79 Å². The van der Waals surface area contributed by atoms with Crippen molar-refractivity contribution in [2.24, 2.45) is 0 Å². The predicted molar refractivity (Wildman–Crippen MR) is 120 cm³/mol. The molecule has 30 heavy (non-hydrogen) atoms. The fourth-order valence-corrected chi connectivity index (χ4v) is 4.20. The number of nitrogens with one attached hydrogen (secondary N) is 3. The number of hydrogen-bond acceptors (Lipinski definition) is 3. The molecule has 6 nitrogen and oxygen atoms in total. The largest absolute Gasteiger partial charge is 0.492 e. The number of aromatic nitrogens is 1. The molecule has 0 spiro atoms. The molecule has 0 aliphatic carbocycles. The Kier molecular flexibility index (Phi) is 6.54. The van der Waals surface area contributed by atoms with Crippen LogP contribution in [0.15, 0.2) is 54.7 Å². The highest BCUT2D eigenvalue weighted by molar-refractivity contribution is 5.83. The lowest BCUT2D eigenvalue weighted by atomic mass is 10.1. The number of para-hydroxylation sites is 3. The molecule has 1 aromatic heterocycles. The summed E-state index contributed by atoms with van der Waals surface area (Å²) in [6.45, 7) is 7.66. The van der Waals surface area contributed by atoms with Gasteiger partial charge in [0.15, 0.2) is 6.54 Å². The number of hydrogen-bond donors (Lipinski definition) is 3. The number of amides is 1. The van der Waals surface area contributed by atoms with E-state index in [1.807, 2.05) is 37.4 Å². The number of anilines is 1. The van der Waals surface area contributed by atoms with Gasteiger partial charge in [0.2, 0.25) is 0 Å². The standard InChI is InChI=1S/C24H30N4O2/c1-2-30-23-10-6-5-9-22(23)28-15-13-27(14-16-28)18-24(29)25-12-11-19-17-26-21-8-4-3-7-20(19)21/h3-10,17,26H,2,11-16,18H2,1H3,(H,25,29)/p+1. The molecule has 1 fully saturated rings. The average Bonchev–Trinajstić information content (AvgIpc) is 3.18. The third-order valence-corrected chi connectivity index (χ3v) is 5.78. The minimum Gasteiger partial charge on any atom is -0.492 e. The number of nitrogens with zero attached hydrogens (tertiary/aromatic N) is 1. The number of carbonyl (C=O) groups excluding carboxylic acids is 1. The number of ether oxygens (including phenoxy) is 1. The van der Waals surface area contributed by atoms with E-state index in [2.05, 4.69) is 39.5 Å². The van der Waals surface area contributed by atoms with Crippen molar-refractivity contribution in [3.05, 3.63) is 60.3 Å². The maximum atomic E-state index is 12.4. The van der Waals surface area contributed by atoms with Gasteiger partial charge < -0.3 is 24.8 Å². The highest BCUT2D eigenvalue weighted by atomic mass is 16.5. The molecule has 0 radical (unpaired) electrons. The molecule has 0 unspecified atom stereocenters. The van der Waals surface area contributed by atoms with Crippen molar-refractivity contribution < 1.29 is 14.4 Å². The molecular formula is C24H31N4O2+. The second kappa shape index (κ2) is 9.67. The molecule has 4 rings (SSSR count). The van der Waals surface area contributed by atoms with Crippen LogP contribution in [0.2, 0.25) is 0 Å². The monoisotopic (exact) mass is 407 g/mol. The third-order valence-electron chi connectivity index (χ3n) is 5.78. The molecule has 1 amide bonds. The van der Waals surface area contributed by atoms with Gasteiger partial charge in [-0.15, -0.1) is 0 Å². The number of piperazine rings is 1. The number of aromatic amines is 1. The van der Waals surface area contributed by atoms with Crippen molar-refractivity contribution in [1.29, 1.82) is 0 Å². The van der Waals surface area contributed by atoms with E-state index in [4.69, 9.17) is 4.74 Å². The van der Waals surface area contributed by atoms with Crippen LogP contribution in [0.5, 0.6) is 5.75 Å². The Balaban J connectivity index is 1.22. The van der Waals surface area contributed by atoms with Gasteiger partial charge in [-0.2, -0.15) is 0 Å². The molecular weight excluding hydrogens is 376 g/mol. The van der Waals surface area contributed by atoms with Crippen LogP contribution < -0.4 is 19.9 Å². The fraction of sp³-hybridized carbons (Fsp3) is 0.375. The van der Waals surface area contributed by atoms with Crippen LogP contribution in [0.25, 0.3) is 10.9 Å². The third kappa shape index (κ3) is 4.76. The first kappa shape index (κ1) is 20.3. The number of H-pyrrole nitrogens is 1. The highest BCUT2D eigenvalue weighted by Crippen LogP contribution is 2.27. The molecule has 2 aromatic carbocycles. The van der Waals surface area contributed by atoms with Crippen molar-refractivity contribution in [2.45, 2.75) is 13.3 Å². The summed E-state index contributed by atoms with van der Waals surface area (Å²) in [6, 6.07) is 16.5. The summed E-state index contributed by atoms with van der Waals surface area (Å²) in [6.07, 6.45) is 2.88. The van der Waals surface area contributed by atoms with Crippen LogP contribution in [0.3, 0.4) is 0 Å². The van der Waals surface area contributed by atoms with Gasteiger partial charge in [0.05, 0.1) is 38.5 Å². The summed E-state index contributed by atoms with van der Waals surface area (Å²) < 4.78 is 5.77. The fourth-order valence-electron chi connectivity index (χ4n) is 4.20. The maximum Gasteiger partial charge on any atom is 0.275 e. The van der Waals surface area contributed by atoms with E-state index in [0.717, 1.165) is 49.6 Å². The topological polar surface area (TPSA) is 61.8 Å². The van der Waals surface area contributed by atoms with Gasteiger partial charge in [0.1, 0.15) is 5.75 Å². The zero-order valence-corrected chi connectivity index (χ0v) is 17.6. The number of quaternary nitrogens is 1. The molecule has 1 saturated heterocycles. The molecule has 0 atom stereocenters. The van der Waals surface area contributed by atoms with E-state index >= 15 is 0 Å². The molecule has 1 aliphatic heterocycles. The molecule has 0 bridgehead atoms.